The van der Waals surface area contributed by atoms with Gasteiger partial charge in [0, 0.05) is 42.3 Å². The predicted molar refractivity (Wildman–Crippen MR) is 112 cm³/mol. The van der Waals surface area contributed by atoms with E-state index in [9.17, 15) is 9.59 Å². The van der Waals surface area contributed by atoms with E-state index in [1.807, 2.05) is 35.2 Å². The Hall–Kier alpha value is -2.99. The van der Waals surface area contributed by atoms with Crippen LogP contribution in [-0.2, 0) is 13.1 Å². The number of aromatic nitrogens is 1. The molecule has 2 aromatic carbocycles. The number of hydrogen-bond acceptors (Lipinski definition) is 3. The molecule has 2 aliphatic rings. The van der Waals surface area contributed by atoms with Crippen LogP contribution < -0.4 is 0 Å². The first-order chi connectivity index (χ1) is 13.6. The van der Waals surface area contributed by atoms with E-state index < -0.39 is 0 Å². The summed E-state index contributed by atoms with van der Waals surface area (Å²) in [6.45, 7) is 1.92. The zero-order chi connectivity index (χ0) is 19.4. The fourth-order valence-electron chi connectivity index (χ4n) is 4.45. The number of amides is 2. The number of hydrogen-bond donors (Lipinski definition) is 0. The van der Waals surface area contributed by atoms with Gasteiger partial charge < -0.3 is 9.47 Å². The van der Waals surface area contributed by atoms with Gasteiger partial charge in [-0.15, -0.1) is 0 Å². The number of likely N-dealkylation sites (N-methyl/N-ethyl adjacent to an activating group) is 1. The monoisotopic (exact) mass is 389 g/mol. The van der Waals surface area contributed by atoms with E-state index in [4.69, 9.17) is 12.2 Å². The molecule has 2 aliphatic heterocycles. The third-order valence-electron chi connectivity index (χ3n) is 5.86. The van der Waals surface area contributed by atoms with Gasteiger partial charge in [-0.25, -0.2) is 4.79 Å². The van der Waals surface area contributed by atoms with Gasteiger partial charge in [0.15, 0.2) is 0 Å². The molecule has 1 atom stereocenters. The van der Waals surface area contributed by atoms with Crippen LogP contribution in [0.15, 0.2) is 48.5 Å². The minimum atomic E-state index is -0.0287. The van der Waals surface area contributed by atoms with Crippen molar-refractivity contribution < 1.29 is 9.59 Å². The summed E-state index contributed by atoms with van der Waals surface area (Å²) in [5.41, 5.74) is 5.34. The predicted octanol–water partition coefficient (Wildman–Crippen LogP) is 3.79. The van der Waals surface area contributed by atoms with Crippen molar-refractivity contribution in [3.63, 3.8) is 0 Å². The van der Waals surface area contributed by atoms with E-state index in [1.54, 1.807) is 11.9 Å². The number of aldehydes is 1. The summed E-state index contributed by atoms with van der Waals surface area (Å²) in [6.07, 6.45) is 0.855. The molecule has 140 valence electrons. The first kappa shape index (κ1) is 17.1. The van der Waals surface area contributed by atoms with Crippen molar-refractivity contribution in [3.8, 4) is 0 Å². The fourth-order valence-corrected chi connectivity index (χ4v) is 4.72. The Morgan fingerprint density at radius 3 is 2.64 bits per heavy atom. The third kappa shape index (κ3) is 2.41. The molecular formula is C22H19N3O2S. The van der Waals surface area contributed by atoms with Crippen LogP contribution in [0, 0.1) is 0 Å². The van der Waals surface area contributed by atoms with Crippen LogP contribution in [0.3, 0.4) is 0 Å². The molecule has 2 amide bonds. The number of fused-ring (bicyclic) bond motifs is 6. The summed E-state index contributed by atoms with van der Waals surface area (Å²) in [6, 6.07) is 16.0. The second kappa shape index (κ2) is 6.27. The number of thiocarbonyl (C=S) groups is 1. The summed E-state index contributed by atoms with van der Waals surface area (Å²) in [5, 5.41) is 1.21. The average molecular weight is 389 g/mol. The van der Waals surface area contributed by atoms with Crippen molar-refractivity contribution in [2.75, 3.05) is 13.6 Å². The highest BCUT2D eigenvalue weighted by Crippen LogP contribution is 2.41. The molecule has 6 heteroatoms. The molecule has 3 heterocycles. The number of nitrogens with zero attached hydrogens (tertiary/aromatic N) is 3. The molecule has 28 heavy (non-hydrogen) atoms. The van der Waals surface area contributed by atoms with Gasteiger partial charge in [0.2, 0.25) is 0 Å². The largest absolute Gasteiger partial charge is 0.338 e. The lowest BCUT2D eigenvalue weighted by atomic mass is 9.89. The van der Waals surface area contributed by atoms with E-state index >= 15 is 0 Å². The van der Waals surface area contributed by atoms with Crippen LogP contribution in [-0.4, -0.2) is 45.3 Å². The number of carbonyl (C=O) groups excluding carboxylic acids is 2. The summed E-state index contributed by atoms with van der Waals surface area (Å²) < 4.78 is 2.29. The smallest absolute Gasteiger partial charge is 0.325 e. The molecule has 2 bridgehead atoms. The number of rotatable bonds is 3. The van der Waals surface area contributed by atoms with Crippen LogP contribution in [0.25, 0.3) is 10.9 Å². The van der Waals surface area contributed by atoms with E-state index in [0.717, 1.165) is 23.1 Å². The van der Waals surface area contributed by atoms with Crippen molar-refractivity contribution in [2.45, 2.75) is 19.0 Å². The van der Waals surface area contributed by atoms with Gasteiger partial charge in [0.1, 0.15) is 6.29 Å². The number of urea groups is 1. The summed E-state index contributed by atoms with van der Waals surface area (Å²) in [7, 11) is 1.77. The number of benzene rings is 2. The first-order valence-corrected chi connectivity index (χ1v) is 9.70. The Morgan fingerprint density at radius 1 is 1.14 bits per heavy atom. The lowest BCUT2D eigenvalue weighted by molar-refractivity contribution is 0.112. The first-order valence-electron chi connectivity index (χ1n) is 9.29. The van der Waals surface area contributed by atoms with Gasteiger partial charge in [-0.1, -0.05) is 54.7 Å². The van der Waals surface area contributed by atoms with Crippen molar-refractivity contribution >= 4 is 40.4 Å². The van der Waals surface area contributed by atoms with Gasteiger partial charge in [0.05, 0.1) is 17.5 Å². The molecule has 0 radical (unpaired) electrons. The SMILES string of the molecule is CN1C(=O)N2Cc3c(c4ccccc4n3Cc3ccc(C=O)cc3)C(C2)C1=S. The van der Waals surface area contributed by atoms with Gasteiger partial charge in [-0.2, -0.15) is 0 Å². The standard InChI is InChI=1S/C22H19N3O2S/c1-23-21(28)17-11-24(22(23)27)12-19-20(17)16-4-2-3-5-18(16)25(19)10-14-6-8-15(13-26)9-7-14/h2-9,13,17H,10-12H2,1H3. The Morgan fingerprint density at radius 2 is 1.89 bits per heavy atom. The van der Waals surface area contributed by atoms with Gasteiger partial charge in [-0.05, 0) is 17.2 Å². The summed E-state index contributed by atoms with van der Waals surface area (Å²) in [5.74, 6) is 0.0463. The minimum absolute atomic E-state index is 0.0287. The zero-order valence-corrected chi connectivity index (χ0v) is 16.3. The molecule has 1 aromatic heterocycles. The lowest BCUT2D eigenvalue weighted by Gasteiger charge is -2.42. The van der Waals surface area contributed by atoms with Crippen LogP contribution in [0.4, 0.5) is 4.79 Å². The molecule has 1 saturated heterocycles. The topological polar surface area (TPSA) is 45.6 Å². The lowest BCUT2D eigenvalue weighted by Crippen LogP contribution is -2.55. The highest BCUT2D eigenvalue weighted by Gasteiger charge is 2.42. The minimum Gasteiger partial charge on any atom is -0.338 e. The molecule has 1 fully saturated rings. The normalized spacial score (nSPS) is 18.5. The zero-order valence-electron chi connectivity index (χ0n) is 15.5. The molecule has 0 aliphatic carbocycles. The van der Waals surface area contributed by atoms with Crippen LogP contribution in [0.5, 0.6) is 0 Å². The Labute approximate surface area is 168 Å². The quantitative estimate of drug-likeness (QED) is 0.506. The van der Waals surface area contributed by atoms with Crippen molar-refractivity contribution in [1.82, 2.24) is 14.4 Å². The fraction of sp³-hybridized carbons (Fsp3) is 0.227. The molecule has 5 nitrogen and oxygen atoms in total. The van der Waals surface area contributed by atoms with Crippen molar-refractivity contribution in [2.24, 2.45) is 0 Å². The van der Waals surface area contributed by atoms with E-state index in [0.29, 0.717) is 30.2 Å². The Bertz CT molecular complexity index is 1130. The van der Waals surface area contributed by atoms with Crippen molar-refractivity contribution in [1.29, 1.82) is 0 Å². The second-order valence-electron chi connectivity index (χ2n) is 7.44. The Balaban J connectivity index is 1.68. The highest BCUT2D eigenvalue weighted by molar-refractivity contribution is 7.80. The maximum atomic E-state index is 12.6. The van der Waals surface area contributed by atoms with Crippen LogP contribution in [0.1, 0.15) is 33.1 Å². The van der Waals surface area contributed by atoms with Gasteiger partial charge >= 0.3 is 6.03 Å². The van der Waals surface area contributed by atoms with E-state index in [1.165, 1.54) is 10.9 Å². The Kier molecular flexibility index (Phi) is 3.84. The van der Waals surface area contributed by atoms with Crippen LogP contribution >= 0.6 is 12.2 Å². The molecule has 0 saturated carbocycles. The summed E-state index contributed by atoms with van der Waals surface area (Å²) in [4.78, 5) is 27.8. The average Bonchev–Trinajstić information content (AvgIpc) is 3.05. The second-order valence-corrected chi connectivity index (χ2v) is 7.85. The van der Waals surface area contributed by atoms with Gasteiger partial charge in [-0.3, -0.25) is 9.69 Å². The number of carbonyl (C=O) groups is 2. The van der Waals surface area contributed by atoms with E-state index in [2.05, 4.69) is 22.8 Å². The molecule has 1 unspecified atom stereocenters. The molecule has 5 rings (SSSR count). The van der Waals surface area contributed by atoms with E-state index in [-0.39, 0.29) is 11.9 Å². The van der Waals surface area contributed by atoms with Gasteiger partial charge in [0.25, 0.3) is 0 Å². The summed E-state index contributed by atoms with van der Waals surface area (Å²) >= 11 is 5.65. The molecule has 0 N–H and O–H groups in total. The molecule has 3 aromatic rings. The maximum Gasteiger partial charge on any atom is 0.325 e. The maximum absolute atomic E-state index is 12.6. The van der Waals surface area contributed by atoms with Crippen molar-refractivity contribution in [3.05, 3.63) is 70.9 Å². The third-order valence-corrected chi connectivity index (χ3v) is 6.41. The molecule has 0 spiro atoms. The number of para-hydroxylation sites is 1. The molecular weight excluding hydrogens is 370 g/mol. The highest BCUT2D eigenvalue weighted by atomic mass is 32.1. The van der Waals surface area contributed by atoms with Crippen LogP contribution in [0.2, 0.25) is 0 Å².